The molecule has 0 unspecified atom stereocenters. The van der Waals surface area contributed by atoms with Crippen LogP contribution in [0.4, 0.5) is 16.2 Å². The summed E-state index contributed by atoms with van der Waals surface area (Å²) in [6.07, 6.45) is 1.80. The molecule has 0 saturated carbocycles. The van der Waals surface area contributed by atoms with Crippen molar-refractivity contribution in [1.29, 1.82) is 0 Å². The van der Waals surface area contributed by atoms with Gasteiger partial charge in [0.15, 0.2) is 0 Å². The van der Waals surface area contributed by atoms with Gasteiger partial charge in [0.05, 0.1) is 5.69 Å². The molecule has 1 aliphatic rings. The number of fused-ring (bicyclic) bond motifs is 1. The highest BCUT2D eigenvalue weighted by Crippen LogP contribution is 2.31. The molecule has 1 heterocycles. The van der Waals surface area contributed by atoms with E-state index in [1.807, 2.05) is 25.1 Å². The summed E-state index contributed by atoms with van der Waals surface area (Å²) in [7, 11) is 0. The maximum absolute atomic E-state index is 11.9. The van der Waals surface area contributed by atoms with Gasteiger partial charge >= 0.3 is 6.03 Å². The number of amides is 2. The lowest BCUT2D eigenvalue weighted by molar-refractivity contribution is 0.247. The summed E-state index contributed by atoms with van der Waals surface area (Å²) in [5.74, 6) is 0. The van der Waals surface area contributed by atoms with Crippen molar-refractivity contribution >= 4 is 17.4 Å². The third-order valence-corrected chi connectivity index (χ3v) is 2.84. The SMILES string of the molecule is CCCNC(=O)N1CCc2c(N)cccc21. The van der Waals surface area contributed by atoms with Gasteiger partial charge < -0.3 is 11.1 Å². The van der Waals surface area contributed by atoms with E-state index in [-0.39, 0.29) is 6.03 Å². The Labute approximate surface area is 95.4 Å². The van der Waals surface area contributed by atoms with E-state index in [4.69, 9.17) is 5.73 Å². The molecule has 4 nitrogen and oxygen atoms in total. The molecule has 0 atom stereocenters. The van der Waals surface area contributed by atoms with E-state index in [9.17, 15) is 4.79 Å². The maximum atomic E-state index is 11.9. The molecular formula is C12H17N3O. The Hall–Kier alpha value is -1.71. The summed E-state index contributed by atoms with van der Waals surface area (Å²) < 4.78 is 0. The van der Waals surface area contributed by atoms with Crippen molar-refractivity contribution in [2.75, 3.05) is 23.7 Å². The van der Waals surface area contributed by atoms with E-state index < -0.39 is 0 Å². The summed E-state index contributed by atoms with van der Waals surface area (Å²) in [5, 5.41) is 2.88. The van der Waals surface area contributed by atoms with Gasteiger partial charge in [-0.3, -0.25) is 4.90 Å². The molecule has 4 heteroatoms. The van der Waals surface area contributed by atoms with E-state index in [1.54, 1.807) is 4.90 Å². The summed E-state index contributed by atoms with van der Waals surface area (Å²) in [6, 6.07) is 5.70. The molecule has 0 saturated heterocycles. The van der Waals surface area contributed by atoms with Crippen LogP contribution in [0.5, 0.6) is 0 Å². The summed E-state index contributed by atoms with van der Waals surface area (Å²) >= 11 is 0. The fourth-order valence-corrected chi connectivity index (χ4v) is 2.00. The number of urea groups is 1. The van der Waals surface area contributed by atoms with Crippen LogP contribution in [-0.2, 0) is 6.42 Å². The van der Waals surface area contributed by atoms with Gasteiger partial charge in [-0.1, -0.05) is 13.0 Å². The van der Waals surface area contributed by atoms with Gasteiger partial charge in [-0.25, -0.2) is 4.79 Å². The standard InChI is InChI=1S/C12H17N3O/c1-2-7-14-12(16)15-8-6-9-10(13)4-3-5-11(9)15/h3-5H,2,6-8,13H2,1H3,(H,14,16). The third-order valence-electron chi connectivity index (χ3n) is 2.84. The molecule has 2 amide bonds. The van der Waals surface area contributed by atoms with E-state index in [0.717, 1.165) is 36.3 Å². The van der Waals surface area contributed by atoms with Gasteiger partial charge in [0.2, 0.25) is 0 Å². The highest BCUT2D eigenvalue weighted by atomic mass is 16.2. The molecule has 0 fully saturated rings. The Kier molecular flexibility index (Phi) is 2.99. The number of nitrogen functional groups attached to an aromatic ring is 1. The summed E-state index contributed by atoms with van der Waals surface area (Å²) in [6.45, 7) is 3.47. The molecule has 0 bridgehead atoms. The van der Waals surface area contributed by atoms with E-state index in [0.29, 0.717) is 6.54 Å². The molecule has 0 radical (unpaired) electrons. The van der Waals surface area contributed by atoms with Crippen LogP contribution < -0.4 is 16.0 Å². The van der Waals surface area contributed by atoms with Gasteiger partial charge in [-0.15, -0.1) is 0 Å². The first-order valence-electron chi connectivity index (χ1n) is 5.66. The van der Waals surface area contributed by atoms with Crippen molar-refractivity contribution in [1.82, 2.24) is 5.32 Å². The molecule has 16 heavy (non-hydrogen) atoms. The van der Waals surface area contributed by atoms with Crippen molar-refractivity contribution in [3.63, 3.8) is 0 Å². The Bertz CT molecular complexity index is 403. The Balaban J connectivity index is 2.17. The average Bonchev–Trinajstić information content (AvgIpc) is 2.71. The minimum atomic E-state index is -0.0220. The molecule has 1 aliphatic heterocycles. The Morgan fingerprint density at radius 1 is 1.56 bits per heavy atom. The minimum Gasteiger partial charge on any atom is -0.398 e. The number of benzene rings is 1. The number of nitrogens with zero attached hydrogens (tertiary/aromatic N) is 1. The third kappa shape index (κ3) is 1.83. The molecule has 3 N–H and O–H groups in total. The number of carbonyl (C=O) groups is 1. The van der Waals surface area contributed by atoms with Crippen molar-refractivity contribution in [3.05, 3.63) is 23.8 Å². The topological polar surface area (TPSA) is 58.4 Å². The minimum absolute atomic E-state index is 0.0220. The van der Waals surface area contributed by atoms with Crippen LogP contribution in [0.1, 0.15) is 18.9 Å². The fourth-order valence-electron chi connectivity index (χ4n) is 2.00. The van der Waals surface area contributed by atoms with Gasteiger partial charge in [-0.05, 0) is 25.0 Å². The highest BCUT2D eigenvalue weighted by Gasteiger charge is 2.25. The summed E-state index contributed by atoms with van der Waals surface area (Å²) in [4.78, 5) is 13.6. The second-order valence-corrected chi connectivity index (χ2v) is 3.98. The van der Waals surface area contributed by atoms with Crippen molar-refractivity contribution in [3.8, 4) is 0 Å². The van der Waals surface area contributed by atoms with Crippen molar-refractivity contribution in [2.45, 2.75) is 19.8 Å². The zero-order valence-corrected chi connectivity index (χ0v) is 9.49. The first-order valence-corrected chi connectivity index (χ1v) is 5.66. The normalized spacial score (nSPS) is 13.7. The van der Waals surface area contributed by atoms with Crippen LogP contribution in [-0.4, -0.2) is 19.1 Å². The van der Waals surface area contributed by atoms with Crippen LogP contribution in [0.3, 0.4) is 0 Å². The highest BCUT2D eigenvalue weighted by molar-refractivity contribution is 5.95. The Morgan fingerprint density at radius 2 is 2.38 bits per heavy atom. The number of anilines is 2. The van der Waals surface area contributed by atoms with Crippen LogP contribution in [0.2, 0.25) is 0 Å². The lowest BCUT2D eigenvalue weighted by Gasteiger charge is -2.17. The quantitative estimate of drug-likeness (QED) is 0.744. The van der Waals surface area contributed by atoms with Gasteiger partial charge in [0.25, 0.3) is 0 Å². The number of hydrogen-bond acceptors (Lipinski definition) is 2. The van der Waals surface area contributed by atoms with Gasteiger partial charge in [0.1, 0.15) is 0 Å². The van der Waals surface area contributed by atoms with Gasteiger partial charge in [0, 0.05) is 24.3 Å². The molecular weight excluding hydrogens is 202 g/mol. The zero-order valence-electron chi connectivity index (χ0n) is 9.49. The predicted molar refractivity (Wildman–Crippen MR) is 65.6 cm³/mol. The molecule has 0 aliphatic carbocycles. The van der Waals surface area contributed by atoms with Crippen LogP contribution in [0.15, 0.2) is 18.2 Å². The largest absolute Gasteiger partial charge is 0.398 e. The second kappa shape index (κ2) is 4.43. The fraction of sp³-hybridized carbons (Fsp3) is 0.417. The monoisotopic (exact) mass is 219 g/mol. The molecule has 2 rings (SSSR count). The molecule has 86 valence electrons. The van der Waals surface area contributed by atoms with Gasteiger partial charge in [-0.2, -0.15) is 0 Å². The maximum Gasteiger partial charge on any atom is 0.321 e. The predicted octanol–water partition coefficient (Wildman–Crippen LogP) is 1.75. The lowest BCUT2D eigenvalue weighted by Crippen LogP contribution is -2.39. The van der Waals surface area contributed by atoms with Crippen LogP contribution >= 0.6 is 0 Å². The molecule has 0 spiro atoms. The van der Waals surface area contributed by atoms with Crippen molar-refractivity contribution < 1.29 is 4.79 Å². The number of carbonyl (C=O) groups excluding carboxylic acids is 1. The second-order valence-electron chi connectivity index (χ2n) is 3.98. The number of nitrogens with one attached hydrogen (secondary N) is 1. The first kappa shape index (κ1) is 10.8. The lowest BCUT2D eigenvalue weighted by atomic mass is 10.1. The number of rotatable bonds is 2. The van der Waals surface area contributed by atoms with Crippen molar-refractivity contribution in [2.24, 2.45) is 0 Å². The van der Waals surface area contributed by atoms with E-state index >= 15 is 0 Å². The van der Waals surface area contributed by atoms with Crippen LogP contribution in [0.25, 0.3) is 0 Å². The smallest absolute Gasteiger partial charge is 0.321 e. The zero-order chi connectivity index (χ0) is 11.5. The van der Waals surface area contributed by atoms with Crippen LogP contribution in [0, 0.1) is 0 Å². The average molecular weight is 219 g/mol. The Morgan fingerprint density at radius 3 is 3.12 bits per heavy atom. The number of nitrogens with two attached hydrogens (primary N) is 1. The summed E-state index contributed by atoms with van der Waals surface area (Å²) in [5.41, 5.74) is 8.70. The first-order chi connectivity index (χ1) is 7.74. The molecule has 1 aromatic rings. The molecule has 0 aromatic heterocycles. The number of hydrogen-bond donors (Lipinski definition) is 2. The van der Waals surface area contributed by atoms with E-state index in [2.05, 4.69) is 5.32 Å². The van der Waals surface area contributed by atoms with E-state index in [1.165, 1.54) is 0 Å². The molecule has 1 aromatic carbocycles.